The first-order valence-corrected chi connectivity index (χ1v) is 8.08. The number of halogens is 1. The second-order valence-corrected chi connectivity index (χ2v) is 6.08. The molecule has 1 aromatic heterocycles. The van der Waals surface area contributed by atoms with Crippen molar-refractivity contribution >= 4 is 22.7 Å². The van der Waals surface area contributed by atoms with Gasteiger partial charge in [-0.05, 0) is 42.7 Å². The van der Waals surface area contributed by atoms with E-state index in [1.807, 2.05) is 24.4 Å². The van der Waals surface area contributed by atoms with Gasteiger partial charge < -0.3 is 0 Å². The summed E-state index contributed by atoms with van der Waals surface area (Å²) in [5, 5.41) is 6.91. The Morgan fingerprint density at radius 3 is 2.74 bits per heavy atom. The smallest absolute Gasteiger partial charge is 0.203 e. The zero-order chi connectivity index (χ0) is 16.2. The van der Waals surface area contributed by atoms with Crippen molar-refractivity contribution in [3.63, 3.8) is 0 Å². The lowest BCUT2D eigenvalue weighted by molar-refractivity contribution is 0.626. The van der Waals surface area contributed by atoms with Gasteiger partial charge in [0.1, 0.15) is 5.82 Å². The third-order valence-corrected chi connectivity index (χ3v) is 4.27. The number of aromatic nitrogens is 1. The highest BCUT2D eigenvalue weighted by molar-refractivity contribution is 7.14. The van der Waals surface area contributed by atoms with E-state index in [1.54, 1.807) is 12.3 Å². The van der Waals surface area contributed by atoms with Gasteiger partial charge in [-0.15, -0.1) is 11.3 Å². The Hall–Kier alpha value is -2.53. The maximum Gasteiger partial charge on any atom is 0.203 e. The molecule has 1 N–H and O–H groups in total. The molecular weight excluding hydrogens is 309 g/mol. The normalized spacial score (nSPS) is 11.1. The largest absolute Gasteiger partial charge is 0.253 e. The highest BCUT2D eigenvalue weighted by Gasteiger charge is 2.06. The van der Waals surface area contributed by atoms with Crippen LogP contribution in [0.25, 0.3) is 11.3 Å². The molecule has 23 heavy (non-hydrogen) atoms. The molecule has 0 spiro atoms. The van der Waals surface area contributed by atoms with Gasteiger partial charge in [0.15, 0.2) is 0 Å². The van der Waals surface area contributed by atoms with Crippen molar-refractivity contribution in [3.8, 4) is 11.3 Å². The highest BCUT2D eigenvalue weighted by atomic mass is 32.1. The van der Waals surface area contributed by atoms with Crippen LogP contribution in [0, 0.1) is 19.7 Å². The number of hydrogen-bond donors (Lipinski definition) is 1. The molecule has 0 aliphatic heterocycles. The maximum absolute atomic E-state index is 13.1. The second-order valence-electron chi connectivity index (χ2n) is 5.22. The fourth-order valence-corrected chi connectivity index (χ4v) is 2.91. The van der Waals surface area contributed by atoms with Crippen LogP contribution in [0.2, 0.25) is 0 Å². The van der Waals surface area contributed by atoms with Crippen molar-refractivity contribution in [2.24, 2.45) is 5.10 Å². The fraction of sp³-hybridized carbons (Fsp3) is 0.111. The number of rotatable bonds is 4. The molecule has 0 unspecified atom stereocenters. The van der Waals surface area contributed by atoms with E-state index < -0.39 is 0 Å². The number of aryl methyl sites for hydroxylation is 2. The Bertz CT molecular complexity index is 855. The predicted octanol–water partition coefficient (Wildman–Crippen LogP) is 5.01. The quantitative estimate of drug-likeness (QED) is 0.540. The summed E-state index contributed by atoms with van der Waals surface area (Å²) in [5.41, 5.74) is 7.88. The number of thiazole rings is 1. The summed E-state index contributed by atoms with van der Waals surface area (Å²) >= 11 is 1.50. The Kier molecular flexibility index (Phi) is 4.48. The van der Waals surface area contributed by atoms with Gasteiger partial charge >= 0.3 is 0 Å². The van der Waals surface area contributed by atoms with Crippen molar-refractivity contribution in [1.29, 1.82) is 0 Å². The fourth-order valence-electron chi connectivity index (χ4n) is 2.25. The van der Waals surface area contributed by atoms with Crippen molar-refractivity contribution in [3.05, 3.63) is 70.4 Å². The molecule has 0 bridgehead atoms. The highest BCUT2D eigenvalue weighted by Crippen LogP contribution is 2.27. The molecule has 0 saturated carbocycles. The van der Waals surface area contributed by atoms with E-state index in [9.17, 15) is 4.39 Å². The number of nitrogens with zero attached hydrogens (tertiary/aromatic N) is 2. The molecule has 0 aliphatic carbocycles. The number of nitrogens with one attached hydrogen (secondary N) is 1. The monoisotopic (exact) mass is 325 g/mol. The van der Waals surface area contributed by atoms with Gasteiger partial charge in [-0.1, -0.05) is 30.3 Å². The van der Waals surface area contributed by atoms with Crippen LogP contribution < -0.4 is 5.43 Å². The molecular formula is C18H16FN3S. The van der Waals surface area contributed by atoms with Crippen molar-refractivity contribution in [1.82, 2.24) is 4.98 Å². The summed E-state index contributed by atoms with van der Waals surface area (Å²) in [7, 11) is 0. The van der Waals surface area contributed by atoms with Gasteiger partial charge in [0.2, 0.25) is 5.13 Å². The zero-order valence-corrected chi connectivity index (χ0v) is 13.7. The Morgan fingerprint density at radius 2 is 1.96 bits per heavy atom. The van der Waals surface area contributed by atoms with Gasteiger partial charge in [0, 0.05) is 10.9 Å². The third kappa shape index (κ3) is 3.63. The van der Waals surface area contributed by atoms with E-state index in [0.717, 1.165) is 27.5 Å². The Labute approximate surface area is 138 Å². The summed E-state index contributed by atoms with van der Waals surface area (Å²) in [6.45, 7) is 3.92. The molecule has 0 radical (unpaired) electrons. The van der Waals surface area contributed by atoms with E-state index in [1.165, 1.54) is 29.0 Å². The van der Waals surface area contributed by atoms with E-state index >= 15 is 0 Å². The third-order valence-electron chi connectivity index (χ3n) is 3.52. The SMILES string of the molecule is Cc1cc(F)ccc1/C=N/Nc1nc(-c2ccccc2C)cs1. The Morgan fingerprint density at radius 1 is 1.13 bits per heavy atom. The molecule has 0 aliphatic rings. The van der Waals surface area contributed by atoms with Gasteiger partial charge in [0.05, 0.1) is 11.9 Å². The first kappa shape index (κ1) is 15.4. The molecule has 0 amide bonds. The molecule has 5 heteroatoms. The molecule has 3 nitrogen and oxygen atoms in total. The standard InChI is InChI=1S/C18H16FN3S/c1-12-5-3-4-6-16(12)17-11-23-18(21-17)22-20-10-14-7-8-15(19)9-13(14)2/h3-11H,1-2H3,(H,21,22)/b20-10+. The lowest BCUT2D eigenvalue weighted by Gasteiger charge is -2.01. The first-order chi connectivity index (χ1) is 11.1. The lowest BCUT2D eigenvalue weighted by atomic mass is 10.1. The van der Waals surface area contributed by atoms with Crippen LogP contribution in [-0.2, 0) is 0 Å². The van der Waals surface area contributed by atoms with Crippen LogP contribution in [-0.4, -0.2) is 11.2 Å². The minimum absolute atomic E-state index is 0.240. The van der Waals surface area contributed by atoms with E-state index in [2.05, 4.69) is 34.6 Å². The van der Waals surface area contributed by atoms with E-state index in [-0.39, 0.29) is 5.82 Å². The maximum atomic E-state index is 13.1. The minimum atomic E-state index is -0.240. The van der Waals surface area contributed by atoms with Gasteiger partial charge in [0.25, 0.3) is 0 Å². The van der Waals surface area contributed by atoms with E-state index in [4.69, 9.17) is 0 Å². The van der Waals surface area contributed by atoms with Gasteiger partial charge in [-0.2, -0.15) is 5.10 Å². The zero-order valence-electron chi connectivity index (χ0n) is 12.9. The number of anilines is 1. The average molecular weight is 325 g/mol. The molecule has 2 aromatic carbocycles. The predicted molar refractivity (Wildman–Crippen MR) is 94.6 cm³/mol. The number of benzene rings is 2. The molecule has 0 saturated heterocycles. The van der Waals surface area contributed by atoms with Crippen LogP contribution in [0.5, 0.6) is 0 Å². The molecule has 0 fully saturated rings. The van der Waals surface area contributed by atoms with Crippen LogP contribution in [0.15, 0.2) is 52.9 Å². The molecule has 3 aromatic rings. The molecule has 1 heterocycles. The Balaban J connectivity index is 1.72. The minimum Gasteiger partial charge on any atom is -0.253 e. The summed E-state index contributed by atoms with van der Waals surface area (Å²) in [4.78, 5) is 4.54. The van der Waals surface area contributed by atoms with Gasteiger partial charge in [-0.25, -0.2) is 9.37 Å². The first-order valence-electron chi connectivity index (χ1n) is 7.20. The van der Waals surface area contributed by atoms with Crippen molar-refractivity contribution in [2.45, 2.75) is 13.8 Å². The van der Waals surface area contributed by atoms with Crippen molar-refractivity contribution < 1.29 is 4.39 Å². The summed E-state index contributed by atoms with van der Waals surface area (Å²) in [5.74, 6) is -0.240. The van der Waals surface area contributed by atoms with Gasteiger partial charge in [-0.3, -0.25) is 5.43 Å². The van der Waals surface area contributed by atoms with Crippen molar-refractivity contribution in [2.75, 3.05) is 5.43 Å². The van der Waals surface area contributed by atoms with Crippen LogP contribution in [0.4, 0.5) is 9.52 Å². The molecule has 0 atom stereocenters. The summed E-state index contributed by atoms with van der Waals surface area (Å²) in [6, 6.07) is 12.8. The molecule has 3 rings (SSSR count). The lowest BCUT2D eigenvalue weighted by Crippen LogP contribution is -1.93. The van der Waals surface area contributed by atoms with Crippen LogP contribution >= 0.6 is 11.3 Å². The number of hydrazone groups is 1. The van der Waals surface area contributed by atoms with Crippen LogP contribution in [0.3, 0.4) is 0 Å². The van der Waals surface area contributed by atoms with E-state index in [0.29, 0.717) is 0 Å². The average Bonchev–Trinajstić information content (AvgIpc) is 2.98. The second kappa shape index (κ2) is 6.71. The van der Waals surface area contributed by atoms with Crippen LogP contribution in [0.1, 0.15) is 16.7 Å². The number of hydrogen-bond acceptors (Lipinski definition) is 4. The topological polar surface area (TPSA) is 37.3 Å². The summed E-state index contributed by atoms with van der Waals surface area (Å²) in [6.07, 6.45) is 1.67. The summed E-state index contributed by atoms with van der Waals surface area (Å²) < 4.78 is 13.1. The molecule has 116 valence electrons.